The summed E-state index contributed by atoms with van der Waals surface area (Å²) >= 11 is 0. The number of esters is 1. The Kier molecular flexibility index (Phi) is 9.12. The zero-order chi connectivity index (χ0) is 23.8. The van der Waals surface area contributed by atoms with Gasteiger partial charge >= 0.3 is 19.7 Å². The Labute approximate surface area is 183 Å². The number of benzene rings is 2. The predicted molar refractivity (Wildman–Crippen MR) is 110 cm³/mol. The molecule has 0 aliphatic heterocycles. The van der Waals surface area contributed by atoms with Gasteiger partial charge in [-0.3, -0.25) is 4.57 Å². The lowest BCUT2D eigenvalue weighted by Gasteiger charge is -2.19. The normalized spacial score (nSPS) is 12.8. The number of hydrogen-bond donors (Lipinski definition) is 0. The van der Waals surface area contributed by atoms with Crippen molar-refractivity contribution < 1.29 is 45.8 Å². The maximum Gasteiger partial charge on any atom is 0.416 e. The Bertz CT molecular complexity index is 904. The second-order valence-corrected chi connectivity index (χ2v) is 8.39. The molecule has 0 aromatic heterocycles. The lowest BCUT2D eigenvalue weighted by Crippen LogP contribution is -2.26. The largest absolute Gasteiger partial charge is 0.479 e. The second kappa shape index (κ2) is 11.4. The third-order valence-corrected chi connectivity index (χ3v) is 5.65. The van der Waals surface area contributed by atoms with E-state index >= 15 is 0 Å². The van der Waals surface area contributed by atoms with E-state index in [0.717, 1.165) is 12.1 Å². The van der Waals surface area contributed by atoms with Crippen molar-refractivity contribution in [2.45, 2.75) is 33.1 Å². The van der Waals surface area contributed by atoms with Crippen LogP contribution >= 0.6 is 7.60 Å². The molecule has 0 N–H and O–H groups in total. The van der Waals surface area contributed by atoms with Crippen molar-refractivity contribution in [3.63, 3.8) is 0 Å². The van der Waals surface area contributed by atoms with E-state index in [4.69, 9.17) is 23.3 Å². The predicted octanol–water partition coefficient (Wildman–Crippen LogP) is 6.03. The van der Waals surface area contributed by atoms with Gasteiger partial charge < -0.3 is 23.3 Å². The molecule has 0 amide bonds. The molecule has 0 aliphatic carbocycles. The summed E-state index contributed by atoms with van der Waals surface area (Å²) in [6.45, 7) is 5.03. The fraction of sp³-hybridized carbons (Fsp3) is 0.381. The van der Waals surface area contributed by atoms with E-state index in [1.807, 2.05) is 0 Å². The minimum absolute atomic E-state index is 0.141. The van der Waals surface area contributed by atoms with Crippen molar-refractivity contribution >= 4 is 13.6 Å². The smallest absolute Gasteiger partial charge is 0.416 e. The highest BCUT2D eigenvalue weighted by Gasteiger charge is 2.30. The van der Waals surface area contributed by atoms with Gasteiger partial charge in [0.05, 0.1) is 18.8 Å². The van der Waals surface area contributed by atoms with Crippen LogP contribution in [0, 0.1) is 0 Å². The third-order valence-electron chi connectivity index (χ3n) is 3.90. The van der Waals surface area contributed by atoms with E-state index in [2.05, 4.69) is 0 Å². The van der Waals surface area contributed by atoms with Crippen LogP contribution in [0.1, 0.15) is 26.3 Å². The van der Waals surface area contributed by atoms with E-state index < -0.39 is 37.8 Å². The van der Waals surface area contributed by atoms with Crippen molar-refractivity contribution in [1.82, 2.24) is 0 Å². The summed E-state index contributed by atoms with van der Waals surface area (Å²) in [6, 6.07) is 10.4. The van der Waals surface area contributed by atoms with Crippen molar-refractivity contribution in [3.8, 4) is 17.2 Å². The molecule has 0 spiro atoms. The summed E-state index contributed by atoms with van der Waals surface area (Å²) in [5.74, 6) is 0.167. The Morgan fingerprint density at radius 1 is 0.906 bits per heavy atom. The van der Waals surface area contributed by atoms with Gasteiger partial charge in [0.1, 0.15) is 17.2 Å². The van der Waals surface area contributed by atoms with Crippen LogP contribution in [-0.2, 0) is 29.3 Å². The average molecular weight is 476 g/mol. The zero-order valence-corrected chi connectivity index (χ0v) is 18.7. The van der Waals surface area contributed by atoms with E-state index in [9.17, 15) is 22.5 Å². The fourth-order valence-corrected chi connectivity index (χ4v) is 3.75. The molecule has 1 atom stereocenters. The summed E-state index contributed by atoms with van der Waals surface area (Å²) in [4.78, 5) is 12.1. The molecule has 1 unspecified atom stereocenters. The minimum atomic E-state index is -4.42. The van der Waals surface area contributed by atoms with Crippen LogP contribution in [0.5, 0.6) is 17.2 Å². The van der Waals surface area contributed by atoms with E-state index in [1.54, 1.807) is 13.8 Å². The summed E-state index contributed by atoms with van der Waals surface area (Å²) in [7, 11) is -3.53. The number of ether oxygens (including phenoxy) is 3. The first-order valence-electron chi connectivity index (χ1n) is 9.73. The molecular weight excluding hydrogens is 452 g/mol. The molecule has 0 aliphatic rings. The van der Waals surface area contributed by atoms with Crippen LogP contribution < -0.4 is 9.47 Å². The SMILES string of the molecule is CCOP(=O)(COC(=O)C(C)Oc1ccc(Oc2ccc(C(F)(F)F)cc2)cc1)OCC. The number of hydrogen-bond acceptors (Lipinski definition) is 7. The fourth-order valence-electron chi connectivity index (χ4n) is 2.45. The first-order valence-corrected chi connectivity index (χ1v) is 11.5. The van der Waals surface area contributed by atoms with Crippen molar-refractivity contribution in [2.75, 3.05) is 19.6 Å². The maximum absolute atomic E-state index is 12.6. The van der Waals surface area contributed by atoms with Gasteiger partial charge in [-0.2, -0.15) is 13.2 Å². The van der Waals surface area contributed by atoms with Crippen molar-refractivity contribution in [2.24, 2.45) is 0 Å². The molecule has 0 saturated heterocycles. The number of carbonyl (C=O) groups is 1. The number of alkyl halides is 3. The summed E-state index contributed by atoms with van der Waals surface area (Å²) < 4.78 is 76.3. The lowest BCUT2D eigenvalue weighted by molar-refractivity contribution is -0.149. The molecular formula is C21H24F3O7P. The standard InChI is InChI=1S/C21H24F3O7P/c1-4-28-32(26,29-5-2)14-27-20(25)15(3)30-17-10-12-19(13-11-17)31-18-8-6-16(7-9-18)21(22,23)24/h6-13,15H,4-5,14H2,1-3H3. The van der Waals surface area contributed by atoms with Gasteiger partial charge in [-0.05, 0) is 69.3 Å². The highest BCUT2D eigenvalue weighted by Crippen LogP contribution is 2.47. The molecule has 0 heterocycles. The Morgan fingerprint density at radius 2 is 1.38 bits per heavy atom. The van der Waals surface area contributed by atoms with Crippen LogP contribution in [0.2, 0.25) is 0 Å². The molecule has 0 fully saturated rings. The van der Waals surface area contributed by atoms with Gasteiger partial charge in [-0.15, -0.1) is 0 Å². The van der Waals surface area contributed by atoms with Crippen LogP contribution in [-0.4, -0.2) is 31.6 Å². The summed E-state index contributed by atoms with van der Waals surface area (Å²) in [5.41, 5.74) is -0.770. The monoisotopic (exact) mass is 476 g/mol. The second-order valence-electron chi connectivity index (χ2n) is 6.39. The van der Waals surface area contributed by atoms with Gasteiger partial charge in [-0.25, -0.2) is 4.79 Å². The van der Waals surface area contributed by atoms with Gasteiger partial charge in [0.25, 0.3) is 0 Å². The van der Waals surface area contributed by atoms with Gasteiger partial charge in [0.2, 0.25) is 0 Å². The Morgan fingerprint density at radius 3 is 1.84 bits per heavy atom. The van der Waals surface area contributed by atoms with Gasteiger partial charge in [0.15, 0.2) is 12.5 Å². The number of halogens is 3. The molecule has 2 rings (SSSR count). The highest BCUT2D eigenvalue weighted by atomic mass is 31.2. The summed E-state index contributed by atoms with van der Waals surface area (Å²) in [6.07, 6.45) is -5.95. The van der Waals surface area contributed by atoms with Crippen LogP contribution in [0.25, 0.3) is 0 Å². The molecule has 32 heavy (non-hydrogen) atoms. The van der Waals surface area contributed by atoms with Crippen molar-refractivity contribution in [3.05, 3.63) is 54.1 Å². The molecule has 0 radical (unpaired) electrons. The quantitative estimate of drug-likeness (QED) is 0.289. The number of carbonyl (C=O) groups excluding carboxylic acids is 1. The van der Waals surface area contributed by atoms with E-state index in [1.165, 1.54) is 43.3 Å². The molecule has 2 aromatic carbocycles. The van der Waals surface area contributed by atoms with E-state index in [-0.39, 0.29) is 19.0 Å². The summed E-state index contributed by atoms with van der Waals surface area (Å²) in [5, 5.41) is 0. The zero-order valence-electron chi connectivity index (χ0n) is 17.8. The topological polar surface area (TPSA) is 80.3 Å². The maximum atomic E-state index is 12.6. The Balaban J connectivity index is 1.90. The molecule has 0 saturated carbocycles. The average Bonchev–Trinajstić information content (AvgIpc) is 2.73. The van der Waals surface area contributed by atoms with Gasteiger partial charge in [-0.1, -0.05) is 0 Å². The van der Waals surface area contributed by atoms with Crippen LogP contribution in [0.4, 0.5) is 13.2 Å². The third kappa shape index (κ3) is 7.85. The highest BCUT2D eigenvalue weighted by molar-refractivity contribution is 7.53. The van der Waals surface area contributed by atoms with Crippen molar-refractivity contribution in [1.29, 1.82) is 0 Å². The minimum Gasteiger partial charge on any atom is -0.479 e. The van der Waals surface area contributed by atoms with Crippen LogP contribution in [0.15, 0.2) is 48.5 Å². The number of rotatable bonds is 11. The molecule has 2 aromatic rings. The van der Waals surface area contributed by atoms with Gasteiger partial charge in [0, 0.05) is 0 Å². The first-order chi connectivity index (χ1) is 15.1. The molecule has 0 bridgehead atoms. The molecule has 11 heteroatoms. The molecule has 7 nitrogen and oxygen atoms in total. The molecule has 176 valence electrons. The van der Waals surface area contributed by atoms with E-state index in [0.29, 0.717) is 11.5 Å². The Hall–Kier alpha value is -2.55. The lowest BCUT2D eigenvalue weighted by atomic mass is 10.2. The first kappa shape index (κ1) is 25.7. The van der Waals surface area contributed by atoms with Crippen LogP contribution in [0.3, 0.4) is 0 Å².